The molecule has 1 aromatic rings. The van der Waals surface area contributed by atoms with Crippen molar-refractivity contribution in [3.05, 3.63) is 29.8 Å². The maximum absolute atomic E-state index is 11.7. The molecule has 1 aromatic carbocycles. The van der Waals surface area contributed by atoms with E-state index >= 15 is 0 Å². The standard InChI is InChI=1S/C7H4BF2NO2/c9-12-8(13-10)7-4-2-1-3-6(7)5-11/h1-4H. The maximum Gasteiger partial charge on any atom is 0.569 e. The van der Waals surface area contributed by atoms with E-state index in [1.54, 1.807) is 12.1 Å². The van der Waals surface area contributed by atoms with Crippen LogP contribution in [0.3, 0.4) is 0 Å². The summed E-state index contributed by atoms with van der Waals surface area (Å²) in [7, 11) is -1.80. The van der Waals surface area contributed by atoms with Gasteiger partial charge in [0, 0.05) is 5.46 Å². The number of hydrogen-bond acceptors (Lipinski definition) is 3. The Hall–Kier alpha value is -1.45. The first-order valence-electron chi connectivity index (χ1n) is 3.37. The average Bonchev–Trinajstić information content (AvgIpc) is 2.20. The molecule has 0 aliphatic carbocycles. The second-order valence-corrected chi connectivity index (χ2v) is 2.21. The van der Waals surface area contributed by atoms with Crippen molar-refractivity contribution in [3.63, 3.8) is 0 Å². The summed E-state index contributed by atoms with van der Waals surface area (Å²) in [6, 6.07) is 7.57. The second kappa shape index (κ2) is 4.55. The summed E-state index contributed by atoms with van der Waals surface area (Å²) in [6.45, 7) is 0. The Bertz CT molecular complexity index is 325. The highest BCUT2D eigenvalue weighted by molar-refractivity contribution is 6.61. The van der Waals surface area contributed by atoms with Crippen LogP contribution in [0.2, 0.25) is 0 Å². The minimum Gasteiger partial charge on any atom is -0.214 e. The van der Waals surface area contributed by atoms with Crippen LogP contribution in [0.4, 0.5) is 9.05 Å². The smallest absolute Gasteiger partial charge is 0.214 e. The largest absolute Gasteiger partial charge is 0.569 e. The van der Waals surface area contributed by atoms with Crippen LogP contribution in [-0.4, -0.2) is 7.12 Å². The van der Waals surface area contributed by atoms with E-state index in [-0.39, 0.29) is 11.0 Å². The van der Waals surface area contributed by atoms with E-state index in [2.05, 4.69) is 9.72 Å². The molecular formula is C7H4BF2NO2. The zero-order valence-electron chi connectivity index (χ0n) is 6.41. The van der Waals surface area contributed by atoms with Gasteiger partial charge in [-0.15, -0.1) is 0 Å². The molecule has 0 saturated carbocycles. The van der Waals surface area contributed by atoms with Crippen molar-refractivity contribution in [3.8, 4) is 6.07 Å². The summed E-state index contributed by atoms with van der Waals surface area (Å²) in [5.74, 6) is 0. The Balaban J connectivity index is 3.05. The third kappa shape index (κ3) is 2.02. The molecule has 66 valence electrons. The van der Waals surface area contributed by atoms with Crippen LogP contribution in [0.5, 0.6) is 0 Å². The Labute approximate surface area is 73.4 Å². The first-order valence-corrected chi connectivity index (χ1v) is 3.37. The van der Waals surface area contributed by atoms with E-state index in [0.717, 1.165) is 0 Å². The zero-order chi connectivity index (χ0) is 9.68. The third-order valence-corrected chi connectivity index (χ3v) is 1.50. The molecule has 0 unspecified atom stereocenters. The molecule has 6 heteroatoms. The fraction of sp³-hybridized carbons (Fsp3) is 0. The van der Waals surface area contributed by atoms with Crippen LogP contribution in [0.15, 0.2) is 24.3 Å². The monoisotopic (exact) mass is 183 g/mol. The molecule has 0 N–H and O–H groups in total. The zero-order valence-corrected chi connectivity index (χ0v) is 6.41. The van der Waals surface area contributed by atoms with E-state index in [4.69, 9.17) is 5.26 Å². The minimum atomic E-state index is -1.80. The van der Waals surface area contributed by atoms with Gasteiger partial charge in [0.1, 0.15) is 0 Å². The molecule has 0 radical (unpaired) electrons. The van der Waals surface area contributed by atoms with E-state index in [1.165, 1.54) is 18.2 Å². The van der Waals surface area contributed by atoms with Crippen molar-refractivity contribution >= 4 is 12.6 Å². The molecule has 0 aromatic heterocycles. The van der Waals surface area contributed by atoms with Crippen LogP contribution in [0, 0.1) is 11.3 Å². The molecule has 0 bridgehead atoms. The fourth-order valence-electron chi connectivity index (χ4n) is 0.914. The predicted molar refractivity (Wildman–Crippen MR) is 40.9 cm³/mol. The van der Waals surface area contributed by atoms with E-state index in [1.807, 2.05) is 0 Å². The van der Waals surface area contributed by atoms with Gasteiger partial charge in [-0.2, -0.15) is 5.26 Å². The number of halogens is 2. The summed E-state index contributed by atoms with van der Waals surface area (Å²) in [6.07, 6.45) is 0. The fourth-order valence-corrected chi connectivity index (χ4v) is 0.914. The van der Waals surface area contributed by atoms with Crippen molar-refractivity contribution in [2.24, 2.45) is 0 Å². The van der Waals surface area contributed by atoms with Crippen molar-refractivity contribution < 1.29 is 18.8 Å². The highest BCUT2D eigenvalue weighted by Crippen LogP contribution is 1.99. The molecule has 0 fully saturated rings. The first-order chi connectivity index (χ1) is 6.33. The maximum atomic E-state index is 11.7. The molecule has 3 nitrogen and oxygen atoms in total. The van der Waals surface area contributed by atoms with Gasteiger partial charge >= 0.3 is 7.12 Å². The lowest BCUT2D eigenvalue weighted by atomic mass is 9.77. The highest BCUT2D eigenvalue weighted by Gasteiger charge is 2.26. The number of nitriles is 1. The predicted octanol–water partition coefficient (Wildman–Crippen LogP) is 1.06. The Morgan fingerprint density at radius 2 is 1.85 bits per heavy atom. The molecular weight excluding hydrogens is 179 g/mol. The van der Waals surface area contributed by atoms with Gasteiger partial charge in [0.25, 0.3) is 0 Å². The molecule has 0 aliphatic heterocycles. The Morgan fingerprint density at radius 3 is 2.38 bits per heavy atom. The molecule has 0 aliphatic rings. The summed E-state index contributed by atoms with van der Waals surface area (Å²) < 4.78 is 23.4. The van der Waals surface area contributed by atoms with Gasteiger partial charge in [0.05, 0.1) is 11.6 Å². The van der Waals surface area contributed by atoms with Gasteiger partial charge in [-0.1, -0.05) is 27.3 Å². The van der Waals surface area contributed by atoms with Crippen molar-refractivity contribution in [2.75, 3.05) is 0 Å². The lowest BCUT2D eigenvalue weighted by Gasteiger charge is -2.03. The van der Waals surface area contributed by atoms with Crippen LogP contribution in [0.25, 0.3) is 0 Å². The van der Waals surface area contributed by atoms with E-state index < -0.39 is 7.12 Å². The second-order valence-electron chi connectivity index (χ2n) is 2.21. The minimum absolute atomic E-state index is 0.00926. The number of rotatable bonds is 3. The normalized spacial score (nSPS) is 9.31. The highest BCUT2D eigenvalue weighted by atomic mass is 19.3. The topological polar surface area (TPSA) is 42.2 Å². The van der Waals surface area contributed by atoms with Gasteiger partial charge in [-0.25, -0.2) is 9.72 Å². The van der Waals surface area contributed by atoms with Crippen LogP contribution >= 0.6 is 0 Å². The van der Waals surface area contributed by atoms with Gasteiger partial charge in [-0.3, -0.25) is 0 Å². The van der Waals surface area contributed by atoms with E-state index in [9.17, 15) is 9.05 Å². The molecule has 0 saturated heterocycles. The van der Waals surface area contributed by atoms with Crippen molar-refractivity contribution in [1.82, 2.24) is 0 Å². The van der Waals surface area contributed by atoms with Crippen LogP contribution in [-0.2, 0) is 9.72 Å². The summed E-state index contributed by atoms with van der Waals surface area (Å²) in [5, 5.41) is 8.55. The molecule has 0 spiro atoms. The van der Waals surface area contributed by atoms with Gasteiger partial charge in [0.15, 0.2) is 0 Å². The quantitative estimate of drug-likeness (QED) is 0.657. The SMILES string of the molecule is N#Cc1ccccc1B(OF)OF. The third-order valence-electron chi connectivity index (χ3n) is 1.50. The molecule has 1 rings (SSSR count). The van der Waals surface area contributed by atoms with E-state index in [0.29, 0.717) is 0 Å². The Kier molecular flexibility index (Phi) is 3.37. The van der Waals surface area contributed by atoms with Gasteiger partial charge in [-0.05, 0) is 6.07 Å². The molecule has 13 heavy (non-hydrogen) atoms. The van der Waals surface area contributed by atoms with Gasteiger partial charge < -0.3 is 0 Å². The van der Waals surface area contributed by atoms with Crippen LogP contribution < -0.4 is 5.46 Å². The number of benzene rings is 1. The van der Waals surface area contributed by atoms with Crippen molar-refractivity contribution in [1.29, 1.82) is 5.26 Å². The van der Waals surface area contributed by atoms with Gasteiger partial charge in [0.2, 0.25) is 0 Å². The summed E-state index contributed by atoms with van der Waals surface area (Å²) >= 11 is 0. The lowest BCUT2D eigenvalue weighted by Crippen LogP contribution is -2.34. The number of nitrogens with zero attached hydrogens (tertiary/aromatic N) is 1. The average molecular weight is 183 g/mol. The molecule has 0 atom stereocenters. The molecule has 0 heterocycles. The Morgan fingerprint density at radius 1 is 1.23 bits per heavy atom. The summed E-state index contributed by atoms with van der Waals surface area (Å²) in [4.78, 5) is 6.36. The lowest BCUT2D eigenvalue weighted by molar-refractivity contribution is -0.100. The van der Waals surface area contributed by atoms with Crippen LogP contribution in [0.1, 0.15) is 5.56 Å². The first kappa shape index (κ1) is 9.64. The number of hydrogen-bond donors (Lipinski definition) is 0. The molecule has 0 amide bonds. The summed E-state index contributed by atoms with van der Waals surface area (Å²) in [5.41, 5.74) is 0.109. The van der Waals surface area contributed by atoms with Crippen molar-refractivity contribution in [2.45, 2.75) is 0 Å².